The molecule has 3 aromatic rings. The van der Waals surface area contributed by atoms with Crippen LogP contribution >= 0.6 is 0 Å². The summed E-state index contributed by atoms with van der Waals surface area (Å²) in [5.74, 6) is 0.0963. The minimum absolute atomic E-state index is 0.0336. The third-order valence-electron chi connectivity index (χ3n) is 4.29. The molecule has 0 spiro atoms. The number of amides is 1. The maximum absolute atomic E-state index is 12.4. The average Bonchev–Trinajstić information content (AvgIpc) is 2.67. The standard InChI is InChI=1S/C21H21N3O3/c1-14(2)24-12-6-9-17(21(24)26)20(25)23-22-13-18-16-8-5-4-7-15(16)10-11-19(18)27-3/h4-14H,1-3H3,(H,23,25)/b22-13-. The van der Waals surface area contributed by atoms with Gasteiger partial charge >= 0.3 is 0 Å². The van der Waals surface area contributed by atoms with Gasteiger partial charge in [-0.05, 0) is 42.8 Å². The average molecular weight is 363 g/mol. The van der Waals surface area contributed by atoms with Gasteiger partial charge in [0.05, 0.1) is 13.3 Å². The van der Waals surface area contributed by atoms with Gasteiger partial charge in [0.2, 0.25) is 0 Å². The lowest BCUT2D eigenvalue weighted by molar-refractivity contribution is 0.0953. The molecule has 27 heavy (non-hydrogen) atoms. The lowest BCUT2D eigenvalue weighted by Crippen LogP contribution is -2.31. The predicted molar refractivity (Wildman–Crippen MR) is 107 cm³/mol. The lowest BCUT2D eigenvalue weighted by atomic mass is 10.0. The molecule has 3 rings (SSSR count). The molecule has 1 heterocycles. The molecule has 0 bridgehead atoms. The molecule has 0 unspecified atom stereocenters. The van der Waals surface area contributed by atoms with Gasteiger partial charge in [0.1, 0.15) is 11.3 Å². The van der Waals surface area contributed by atoms with Crippen molar-refractivity contribution in [2.24, 2.45) is 5.10 Å². The SMILES string of the molecule is COc1ccc2ccccc2c1/C=N\NC(=O)c1cccn(C(C)C)c1=O. The number of nitrogens with one attached hydrogen (secondary N) is 1. The Morgan fingerprint density at radius 1 is 1.15 bits per heavy atom. The first-order chi connectivity index (χ1) is 13.0. The van der Waals surface area contributed by atoms with Gasteiger partial charge in [-0.2, -0.15) is 5.10 Å². The van der Waals surface area contributed by atoms with Crippen LogP contribution in [0.2, 0.25) is 0 Å². The van der Waals surface area contributed by atoms with Crippen LogP contribution in [0.15, 0.2) is 64.6 Å². The molecule has 6 nitrogen and oxygen atoms in total. The molecule has 6 heteroatoms. The number of hydrogen-bond acceptors (Lipinski definition) is 4. The van der Waals surface area contributed by atoms with E-state index in [0.29, 0.717) is 5.75 Å². The van der Waals surface area contributed by atoms with Crippen LogP contribution in [0, 0.1) is 0 Å². The van der Waals surface area contributed by atoms with Gasteiger partial charge < -0.3 is 9.30 Å². The van der Waals surface area contributed by atoms with Crippen LogP contribution in [0.4, 0.5) is 0 Å². The summed E-state index contributed by atoms with van der Waals surface area (Å²) in [5, 5.41) is 6.03. The Balaban J connectivity index is 1.89. The first-order valence-electron chi connectivity index (χ1n) is 8.63. The maximum atomic E-state index is 12.4. The maximum Gasteiger partial charge on any atom is 0.276 e. The monoisotopic (exact) mass is 363 g/mol. The highest BCUT2D eigenvalue weighted by molar-refractivity contribution is 6.03. The molecule has 0 saturated heterocycles. The number of pyridine rings is 1. The number of hydrazone groups is 1. The molecular weight excluding hydrogens is 342 g/mol. The van der Waals surface area contributed by atoms with Gasteiger partial charge in [0, 0.05) is 17.8 Å². The van der Waals surface area contributed by atoms with Crippen molar-refractivity contribution >= 4 is 22.9 Å². The predicted octanol–water partition coefficient (Wildman–Crippen LogP) is 3.35. The van der Waals surface area contributed by atoms with Crippen molar-refractivity contribution in [3.63, 3.8) is 0 Å². The fourth-order valence-electron chi connectivity index (χ4n) is 2.89. The van der Waals surface area contributed by atoms with Crippen molar-refractivity contribution in [3.05, 3.63) is 76.2 Å². The van der Waals surface area contributed by atoms with Gasteiger partial charge in [-0.15, -0.1) is 0 Å². The normalized spacial score (nSPS) is 11.3. The summed E-state index contributed by atoms with van der Waals surface area (Å²) < 4.78 is 6.91. The highest BCUT2D eigenvalue weighted by Crippen LogP contribution is 2.26. The molecule has 2 aromatic carbocycles. The van der Waals surface area contributed by atoms with E-state index in [1.54, 1.807) is 19.4 Å². The van der Waals surface area contributed by atoms with E-state index in [9.17, 15) is 9.59 Å². The Hall–Kier alpha value is -3.41. The van der Waals surface area contributed by atoms with Gasteiger partial charge in [-0.3, -0.25) is 9.59 Å². The Morgan fingerprint density at radius 2 is 1.93 bits per heavy atom. The summed E-state index contributed by atoms with van der Waals surface area (Å²) in [7, 11) is 1.58. The highest BCUT2D eigenvalue weighted by Gasteiger charge is 2.13. The molecule has 1 aromatic heterocycles. The first-order valence-corrected chi connectivity index (χ1v) is 8.63. The lowest BCUT2D eigenvalue weighted by Gasteiger charge is -2.10. The van der Waals surface area contributed by atoms with E-state index in [2.05, 4.69) is 10.5 Å². The largest absolute Gasteiger partial charge is 0.496 e. The van der Waals surface area contributed by atoms with E-state index in [-0.39, 0.29) is 17.2 Å². The summed E-state index contributed by atoms with van der Waals surface area (Å²) in [5.41, 5.74) is 2.89. The van der Waals surface area contributed by atoms with Gasteiger partial charge in [0.25, 0.3) is 11.5 Å². The number of carbonyl (C=O) groups is 1. The Bertz CT molecular complexity index is 1070. The summed E-state index contributed by atoms with van der Waals surface area (Å²) in [6, 6.07) is 14.8. The zero-order chi connectivity index (χ0) is 19.4. The highest BCUT2D eigenvalue weighted by atomic mass is 16.5. The number of nitrogens with zero attached hydrogens (tertiary/aromatic N) is 2. The fraction of sp³-hybridized carbons (Fsp3) is 0.190. The van der Waals surface area contributed by atoms with Crippen LogP contribution in [0.3, 0.4) is 0 Å². The van der Waals surface area contributed by atoms with Gasteiger partial charge in [-0.25, -0.2) is 5.43 Å². The van der Waals surface area contributed by atoms with Gasteiger partial charge in [-0.1, -0.05) is 30.3 Å². The molecule has 0 aliphatic heterocycles. The smallest absolute Gasteiger partial charge is 0.276 e. The molecule has 138 valence electrons. The van der Waals surface area contributed by atoms with Gasteiger partial charge in [0.15, 0.2) is 0 Å². The number of aromatic nitrogens is 1. The minimum atomic E-state index is -0.551. The molecule has 0 atom stereocenters. The molecular formula is C21H21N3O3. The van der Waals surface area contributed by atoms with E-state index >= 15 is 0 Å². The van der Waals surface area contributed by atoms with Crippen molar-refractivity contribution in [2.75, 3.05) is 7.11 Å². The zero-order valence-electron chi connectivity index (χ0n) is 15.5. The molecule has 0 radical (unpaired) electrons. The topological polar surface area (TPSA) is 72.7 Å². The van der Waals surface area contributed by atoms with E-state index < -0.39 is 5.91 Å². The molecule has 0 fully saturated rings. The number of benzene rings is 2. The van der Waals surface area contributed by atoms with Crippen molar-refractivity contribution < 1.29 is 9.53 Å². The molecule has 1 N–H and O–H groups in total. The fourth-order valence-corrected chi connectivity index (χ4v) is 2.89. The number of carbonyl (C=O) groups excluding carboxylic acids is 1. The van der Waals surface area contributed by atoms with Crippen LogP contribution in [0.25, 0.3) is 10.8 Å². The quantitative estimate of drug-likeness (QED) is 0.558. The van der Waals surface area contributed by atoms with E-state index in [1.165, 1.54) is 16.8 Å². The van der Waals surface area contributed by atoms with Crippen molar-refractivity contribution in [1.82, 2.24) is 9.99 Å². The third kappa shape index (κ3) is 3.74. The summed E-state index contributed by atoms with van der Waals surface area (Å²) in [4.78, 5) is 24.8. The molecule has 0 saturated carbocycles. The van der Waals surface area contributed by atoms with Crippen LogP contribution in [-0.2, 0) is 0 Å². The Kier molecular flexibility index (Phi) is 5.35. The van der Waals surface area contributed by atoms with Crippen LogP contribution < -0.4 is 15.7 Å². The van der Waals surface area contributed by atoms with E-state index in [1.807, 2.05) is 50.2 Å². The Morgan fingerprint density at radius 3 is 2.67 bits per heavy atom. The molecule has 1 amide bonds. The van der Waals surface area contributed by atoms with Crippen molar-refractivity contribution in [3.8, 4) is 5.75 Å². The zero-order valence-corrected chi connectivity index (χ0v) is 15.5. The van der Waals surface area contributed by atoms with Crippen LogP contribution in [-0.4, -0.2) is 23.8 Å². The minimum Gasteiger partial charge on any atom is -0.496 e. The molecule has 0 aliphatic carbocycles. The number of ether oxygens (including phenoxy) is 1. The number of fused-ring (bicyclic) bond motifs is 1. The third-order valence-corrected chi connectivity index (χ3v) is 4.29. The summed E-state index contributed by atoms with van der Waals surface area (Å²) in [6.07, 6.45) is 3.19. The number of rotatable bonds is 5. The number of methoxy groups -OCH3 is 1. The van der Waals surface area contributed by atoms with Crippen LogP contribution in [0.5, 0.6) is 5.75 Å². The Labute approximate surface area is 157 Å². The second-order valence-electron chi connectivity index (χ2n) is 6.33. The van der Waals surface area contributed by atoms with Crippen molar-refractivity contribution in [2.45, 2.75) is 19.9 Å². The first kappa shape index (κ1) is 18.4. The van der Waals surface area contributed by atoms with E-state index in [0.717, 1.165) is 16.3 Å². The van der Waals surface area contributed by atoms with Crippen LogP contribution in [0.1, 0.15) is 35.8 Å². The summed E-state index contributed by atoms with van der Waals surface area (Å²) in [6.45, 7) is 3.77. The number of hydrogen-bond donors (Lipinski definition) is 1. The second kappa shape index (κ2) is 7.86. The second-order valence-corrected chi connectivity index (χ2v) is 6.33. The van der Waals surface area contributed by atoms with E-state index in [4.69, 9.17) is 4.74 Å². The molecule has 0 aliphatic rings. The van der Waals surface area contributed by atoms with Crippen molar-refractivity contribution in [1.29, 1.82) is 0 Å². The summed E-state index contributed by atoms with van der Waals surface area (Å²) >= 11 is 0.